The number of ether oxygens (including phenoxy) is 1. The Balaban J connectivity index is 2.15. The zero-order chi connectivity index (χ0) is 14.1. The smallest absolute Gasteiger partial charge is 0.335 e. The van der Waals surface area contributed by atoms with Crippen molar-refractivity contribution in [2.75, 3.05) is 7.11 Å². The van der Waals surface area contributed by atoms with Crippen molar-refractivity contribution in [3.05, 3.63) is 42.2 Å². The first-order valence-corrected chi connectivity index (χ1v) is 5.90. The van der Waals surface area contributed by atoms with E-state index >= 15 is 0 Å². The van der Waals surface area contributed by atoms with E-state index in [1.54, 1.807) is 37.7 Å². The summed E-state index contributed by atoms with van der Waals surface area (Å²) in [6.45, 7) is 0. The fourth-order valence-corrected chi connectivity index (χ4v) is 2.01. The fraction of sp³-hybridized carbons (Fsp3) is 0.0714. The third-order valence-corrected chi connectivity index (χ3v) is 2.99. The number of nitrogens with zero attached hydrogens (tertiary/aromatic N) is 2. The molecule has 3 aromatic rings. The summed E-state index contributed by atoms with van der Waals surface area (Å²) in [4.78, 5) is 22.5. The molecular weight excluding hydrogens is 258 g/mol. The highest BCUT2D eigenvalue weighted by atomic mass is 16.5. The van der Waals surface area contributed by atoms with E-state index in [1.165, 1.54) is 6.07 Å². The molecule has 0 aliphatic rings. The summed E-state index contributed by atoms with van der Waals surface area (Å²) in [5, 5.41) is 8.99. The van der Waals surface area contributed by atoms with Crippen LogP contribution in [0.5, 0.6) is 5.75 Å². The first kappa shape index (κ1) is 12.2. The van der Waals surface area contributed by atoms with E-state index in [0.717, 1.165) is 5.56 Å². The molecule has 0 radical (unpaired) electrons. The van der Waals surface area contributed by atoms with Gasteiger partial charge in [0, 0.05) is 6.20 Å². The number of H-pyrrole nitrogens is 1. The number of aromatic nitrogens is 3. The van der Waals surface area contributed by atoms with Crippen LogP contribution in [-0.2, 0) is 0 Å². The van der Waals surface area contributed by atoms with Crippen LogP contribution in [0.2, 0.25) is 0 Å². The molecule has 0 spiro atoms. The van der Waals surface area contributed by atoms with Crippen molar-refractivity contribution in [3.63, 3.8) is 0 Å². The molecule has 6 nitrogen and oxygen atoms in total. The highest BCUT2D eigenvalue weighted by Gasteiger charge is 2.12. The molecule has 20 heavy (non-hydrogen) atoms. The number of benzene rings is 1. The lowest BCUT2D eigenvalue weighted by atomic mass is 10.2. The molecule has 0 unspecified atom stereocenters. The predicted octanol–water partition coefficient (Wildman–Crippen LogP) is 2.33. The first-order chi connectivity index (χ1) is 9.69. The van der Waals surface area contributed by atoms with Gasteiger partial charge in [0.1, 0.15) is 11.6 Å². The van der Waals surface area contributed by atoms with Gasteiger partial charge in [-0.25, -0.2) is 9.78 Å². The second kappa shape index (κ2) is 4.65. The number of fused-ring (bicyclic) bond motifs is 1. The van der Waals surface area contributed by atoms with Gasteiger partial charge in [-0.3, -0.25) is 4.98 Å². The van der Waals surface area contributed by atoms with Crippen LogP contribution >= 0.6 is 0 Å². The van der Waals surface area contributed by atoms with Gasteiger partial charge in [0.2, 0.25) is 0 Å². The lowest BCUT2D eigenvalue weighted by Crippen LogP contribution is -1.94. The van der Waals surface area contributed by atoms with Crippen LogP contribution in [0.4, 0.5) is 0 Å². The maximum absolute atomic E-state index is 11.0. The van der Waals surface area contributed by atoms with Crippen molar-refractivity contribution in [2.24, 2.45) is 0 Å². The zero-order valence-electron chi connectivity index (χ0n) is 10.6. The summed E-state index contributed by atoms with van der Waals surface area (Å²) in [6.07, 6.45) is 3.25. The number of hydrogen-bond acceptors (Lipinski definition) is 4. The molecule has 0 aliphatic heterocycles. The van der Waals surface area contributed by atoms with Crippen molar-refractivity contribution >= 4 is 17.0 Å². The van der Waals surface area contributed by atoms with Crippen LogP contribution in [0.3, 0.4) is 0 Å². The molecule has 0 saturated heterocycles. The number of aromatic carboxylic acids is 1. The molecule has 2 N–H and O–H groups in total. The Morgan fingerprint density at radius 3 is 2.95 bits per heavy atom. The number of imidazole rings is 1. The third kappa shape index (κ3) is 1.97. The minimum absolute atomic E-state index is 0.217. The number of aromatic amines is 1. The zero-order valence-corrected chi connectivity index (χ0v) is 10.6. The summed E-state index contributed by atoms with van der Waals surface area (Å²) >= 11 is 0. The summed E-state index contributed by atoms with van der Waals surface area (Å²) in [5.74, 6) is 0.247. The molecule has 0 atom stereocenters. The van der Waals surface area contributed by atoms with Gasteiger partial charge < -0.3 is 14.8 Å². The molecule has 2 heterocycles. The Labute approximate surface area is 114 Å². The molecule has 0 aliphatic carbocycles. The SMILES string of the molecule is COc1cnccc1-c1nc2ccc(C(=O)O)cc2[nH]1. The molecule has 0 saturated carbocycles. The largest absolute Gasteiger partial charge is 0.494 e. The number of nitrogens with one attached hydrogen (secondary N) is 1. The van der Waals surface area contributed by atoms with E-state index in [0.29, 0.717) is 22.6 Å². The summed E-state index contributed by atoms with van der Waals surface area (Å²) in [7, 11) is 1.56. The van der Waals surface area contributed by atoms with E-state index in [2.05, 4.69) is 15.0 Å². The van der Waals surface area contributed by atoms with Crippen molar-refractivity contribution in [3.8, 4) is 17.1 Å². The Morgan fingerprint density at radius 2 is 2.20 bits per heavy atom. The van der Waals surface area contributed by atoms with Gasteiger partial charge in [-0.15, -0.1) is 0 Å². The molecule has 0 fully saturated rings. The van der Waals surface area contributed by atoms with Crippen LogP contribution in [0.1, 0.15) is 10.4 Å². The van der Waals surface area contributed by atoms with Gasteiger partial charge in [0.15, 0.2) is 0 Å². The summed E-state index contributed by atoms with van der Waals surface area (Å²) < 4.78 is 5.24. The standard InChI is InChI=1S/C14H11N3O3/c1-20-12-7-15-5-4-9(12)13-16-10-3-2-8(14(18)19)6-11(10)17-13/h2-7H,1H3,(H,16,17)(H,18,19). The lowest BCUT2D eigenvalue weighted by molar-refractivity contribution is 0.0697. The maximum atomic E-state index is 11.0. The molecule has 100 valence electrons. The molecule has 0 amide bonds. The van der Waals surface area contributed by atoms with Crippen LogP contribution in [0.25, 0.3) is 22.4 Å². The van der Waals surface area contributed by atoms with Crippen LogP contribution in [0, 0.1) is 0 Å². The molecule has 6 heteroatoms. The van der Waals surface area contributed by atoms with Gasteiger partial charge in [-0.2, -0.15) is 0 Å². The van der Waals surface area contributed by atoms with Crippen molar-refractivity contribution in [1.82, 2.24) is 15.0 Å². The van der Waals surface area contributed by atoms with Gasteiger partial charge >= 0.3 is 5.97 Å². The monoisotopic (exact) mass is 269 g/mol. The fourth-order valence-electron chi connectivity index (χ4n) is 2.01. The number of carbonyl (C=O) groups is 1. The number of pyridine rings is 1. The van der Waals surface area contributed by atoms with E-state index in [-0.39, 0.29) is 5.56 Å². The van der Waals surface area contributed by atoms with Gasteiger partial charge in [-0.05, 0) is 24.3 Å². The van der Waals surface area contributed by atoms with Crippen molar-refractivity contribution in [2.45, 2.75) is 0 Å². The Hall–Kier alpha value is -2.89. The quantitative estimate of drug-likeness (QED) is 0.761. The van der Waals surface area contributed by atoms with Gasteiger partial charge in [0.05, 0.1) is 35.5 Å². The molecule has 3 rings (SSSR count). The van der Waals surface area contributed by atoms with Crippen molar-refractivity contribution < 1.29 is 14.6 Å². The normalized spacial score (nSPS) is 10.7. The predicted molar refractivity (Wildman–Crippen MR) is 72.8 cm³/mol. The number of carboxylic acids is 1. The molecular formula is C14H11N3O3. The van der Waals surface area contributed by atoms with Crippen molar-refractivity contribution in [1.29, 1.82) is 0 Å². The Bertz CT molecular complexity index is 795. The van der Waals surface area contributed by atoms with E-state index in [9.17, 15) is 4.79 Å². The molecule has 0 bridgehead atoms. The van der Waals surface area contributed by atoms with E-state index in [4.69, 9.17) is 9.84 Å². The lowest BCUT2D eigenvalue weighted by Gasteiger charge is -2.03. The number of rotatable bonds is 3. The average molecular weight is 269 g/mol. The summed E-state index contributed by atoms with van der Waals surface area (Å²) in [5.41, 5.74) is 2.35. The molecule has 2 aromatic heterocycles. The minimum atomic E-state index is -0.968. The highest BCUT2D eigenvalue weighted by Crippen LogP contribution is 2.28. The van der Waals surface area contributed by atoms with E-state index < -0.39 is 5.97 Å². The highest BCUT2D eigenvalue weighted by molar-refractivity contribution is 5.93. The van der Waals surface area contributed by atoms with Gasteiger partial charge in [0.25, 0.3) is 0 Å². The van der Waals surface area contributed by atoms with Crippen LogP contribution in [0.15, 0.2) is 36.7 Å². The second-order valence-electron chi connectivity index (χ2n) is 4.20. The third-order valence-electron chi connectivity index (χ3n) is 2.99. The van der Waals surface area contributed by atoms with Crippen LogP contribution in [-0.4, -0.2) is 33.1 Å². The Morgan fingerprint density at radius 1 is 1.35 bits per heavy atom. The maximum Gasteiger partial charge on any atom is 0.335 e. The van der Waals surface area contributed by atoms with Crippen LogP contribution < -0.4 is 4.74 Å². The Kier molecular flexibility index (Phi) is 2.83. The molecule has 1 aromatic carbocycles. The average Bonchev–Trinajstić information content (AvgIpc) is 2.89. The topological polar surface area (TPSA) is 88.1 Å². The number of methoxy groups -OCH3 is 1. The first-order valence-electron chi connectivity index (χ1n) is 5.90. The number of hydrogen-bond donors (Lipinski definition) is 2. The van der Waals surface area contributed by atoms with E-state index in [1.807, 2.05) is 0 Å². The number of carboxylic acid groups (broad SMARTS) is 1. The second-order valence-corrected chi connectivity index (χ2v) is 4.20. The van der Waals surface area contributed by atoms with Gasteiger partial charge in [-0.1, -0.05) is 0 Å². The minimum Gasteiger partial charge on any atom is -0.494 e. The summed E-state index contributed by atoms with van der Waals surface area (Å²) in [6, 6.07) is 6.54.